The Morgan fingerprint density at radius 2 is 2.06 bits per heavy atom. The molecule has 1 aliphatic heterocycles. The van der Waals surface area contributed by atoms with E-state index in [2.05, 4.69) is 38.3 Å². The Bertz CT molecular complexity index is 290. The summed E-state index contributed by atoms with van der Waals surface area (Å²) in [5, 5.41) is 6.06. The van der Waals surface area contributed by atoms with Crippen LogP contribution in [0.3, 0.4) is 0 Å². The van der Waals surface area contributed by atoms with E-state index >= 15 is 0 Å². The maximum atomic E-state index is 11.6. The molecule has 5 heteroatoms. The number of carbonyl (C=O) groups excluding carboxylic acids is 1. The molecular formula is C13H26N2O3. The highest BCUT2D eigenvalue weighted by Gasteiger charge is 2.45. The zero-order valence-electron chi connectivity index (χ0n) is 12.1. The van der Waals surface area contributed by atoms with Crippen LogP contribution in [0.1, 0.15) is 34.1 Å². The summed E-state index contributed by atoms with van der Waals surface area (Å²) in [6.45, 7) is 9.68. The minimum atomic E-state index is -0.240. The molecule has 1 atom stereocenters. The van der Waals surface area contributed by atoms with Crippen LogP contribution in [0.5, 0.6) is 0 Å². The average molecular weight is 258 g/mol. The number of methoxy groups -OCH3 is 1. The Labute approximate surface area is 110 Å². The Balaban J connectivity index is 2.33. The summed E-state index contributed by atoms with van der Waals surface area (Å²) in [5.41, 5.74) is -0.371. The molecule has 0 aliphatic carbocycles. The van der Waals surface area contributed by atoms with Gasteiger partial charge in [-0.15, -0.1) is 0 Å². The number of hydrogen-bond donors (Lipinski definition) is 2. The van der Waals surface area contributed by atoms with Gasteiger partial charge in [0.05, 0.1) is 24.4 Å². The molecule has 1 fully saturated rings. The minimum absolute atomic E-state index is 0.00689. The van der Waals surface area contributed by atoms with E-state index in [4.69, 9.17) is 9.47 Å². The summed E-state index contributed by atoms with van der Waals surface area (Å²) in [7, 11) is 1.62. The highest BCUT2D eigenvalue weighted by atomic mass is 16.5. The fourth-order valence-electron chi connectivity index (χ4n) is 2.45. The van der Waals surface area contributed by atoms with Crippen LogP contribution >= 0.6 is 0 Å². The molecule has 1 aliphatic rings. The lowest BCUT2D eigenvalue weighted by Crippen LogP contribution is -2.47. The van der Waals surface area contributed by atoms with E-state index in [1.54, 1.807) is 7.11 Å². The van der Waals surface area contributed by atoms with Gasteiger partial charge in [-0.25, -0.2) is 0 Å². The zero-order valence-corrected chi connectivity index (χ0v) is 12.1. The van der Waals surface area contributed by atoms with E-state index in [9.17, 15) is 4.79 Å². The second kappa shape index (κ2) is 5.99. The molecule has 0 aromatic rings. The Hall–Kier alpha value is -0.650. The van der Waals surface area contributed by atoms with E-state index in [0.717, 1.165) is 6.42 Å². The van der Waals surface area contributed by atoms with Crippen molar-refractivity contribution in [2.24, 2.45) is 0 Å². The lowest BCUT2D eigenvalue weighted by Gasteiger charge is -2.27. The molecule has 0 bridgehead atoms. The molecule has 0 saturated carbocycles. The van der Waals surface area contributed by atoms with Crippen molar-refractivity contribution in [2.75, 3.05) is 26.8 Å². The second-order valence-electron chi connectivity index (χ2n) is 5.95. The van der Waals surface area contributed by atoms with Gasteiger partial charge in [0.25, 0.3) is 0 Å². The van der Waals surface area contributed by atoms with Gasteiger partial charge in [-0.3, -0.25) is 4.79 Å². The fourth-order valence-corrected chi connectivity index (χ4v) is 2.45. The Morgan fingerprint density at radius 1 is 1.39 bits per heavy atom. The number of ether oxygens (including phenoxy) is 2. The third-order valence-electron chi connectivity index (χ3n) is 3.21. The van der Waals surface area contributed by atoms with Crippen LogP contribution in [0.2, 0.25) is 0 Å². The van der Waals surface area contributed by atoms with Crippen LogP contribution in [0.25, 0.3) is 0 Å². The van der Waals surface area contributed by atoms with Crippen molar-refractivity contribution in [3.05, 3.63) is 0 Å². The van der Waals surface area contributed by atoms with Crippen LogP contribution in [0.15, 0.2) is 0 Å². The maximum Gasteiger partial charge on any atom is 0.234 e. The van der Waals surface area contributed by atoms with Gasteiger partial charge in [0, 0.05) is 19.7 Å². The molecule has 0 radical (unpaired) electrons. The molecule has 1 rings (SSSR count). The first kappa shape index (κ1) is 15.4. The highest BCUT2D eigenvalue weighted by molar-refractivity contribution is 5.78. The van der Waals surface area contributed by atoms with Crippen molar-refractivity contribution >= 4 is 5.91 Å². The topological polar surface area (TPSA) is 59.6 Å². The van der Waals surface area contributed by atoms with Crippen LogP contribution in [-0.4, -0.2) is 50.0 Å². The van der Waals surface area contributed by atoms with E-state index in [1.165, 1.54) is 0 Å². The first-order chi connectivity index (χ1) is 8.27. The molecular weight excluding hydrogens is 232 g/mol. The SMILES string of the molecule is COCCNC(=O)CNC1CC(C)(C)OC1(C)C. The van der Waals surface area contributed by atoms with E-state index in [-0.39, 0.29) is 23.2 Å². The molecule has 1 saturated heterocycles. The van der Waals surface area contributed by atoms with Gasteiger partial charge in [-0.05, 0) is 34.1 Å². The summed E-state index contributed by atoms with van der Waals surface area (Å²) in [6, 6.07) is 0.195. The van der Waals surface area contributed by atoms with Crippen molar-refractivity contribution in [3.63, 3.8) is 0 Å². The third kappa shape index (κ3) is 4.55. The standard InChI is InChI=1S/C13H26N2O3/c1-12(2)8-10(13(3,4)18-12)15-9-11(16)14-6-7-17-5/h10,15H,6-9H2,1-5H3,(H,14,16). The molecule has 2 N–H and O–H groups in total. The monoisotopic (exact) mass is 258 g/mol. The van der Waals surface area contributed by atoms with Crippen LogP contribution in [0.4, 0.5) is 0 Å². The van der Waals surface area contributed by atoms with Gasteiger partial charge in [-0.2, -0.15) is 0 Å². The van der Waals surface area contributed by atoms with Crippen LogP contribution in [0, 0.1) is 0 Å². The fraction of sp³-hybridized carbons (Fsp3) is 0.923. The van der Waals surface area contributed by atoms with Crippen LogP contribution < -0.4 is 10.6 Å². The summed E-state index contributed by atoms with van der Waals surface area (Å²) in [6.07, 6.45) is 0.908. The van der Waals surface area contributed by atoms with Gasteiger partial charge in [-0.1, -0.05) is 0 Å². The maximum absolute atomic E-state index is 11.6. The molecule has 1 unspecified atom stereocenters. The highest BCUT2D eigenvalue weighted by Crippen LogP contribution is 2.36. The predicted octanol–water partition coefficient (Wildman–Crippen LogP) is 0.685. The number of carbonyl (C=O) groups is 1. The summed E-state index contributed by atoms with van der Waals surface area (Å²) in [4.78, 5) is 11.6. The Kier molecular flexibility index (Phi) is 5.13. The first-order valence-electron chi connectivity index (χ1n) is 6.46. The van der Waals surface area contributed by atoms with E-state index in [1.807, 2.05) is 0 Å². The van der Waals surface area contributed by atoms with Crippen molar-refractivity contribution in [1.29, 1.82) is 0 Å². The smallest absolute Gasteiger partial charge is 0.234 e. The van der Waals surface area contributed by atoms with Crippen LogP contribution in [-0.2, 0) is 14.3 Å². The molecule has 5 nitrogen and oxygen atoms in total. The summed E-state index contributed by atoms with van der Waals surface area (Å²) < 4.78 is 10.8. The molecule has 1 heterocycles. The largest absolute Gasteiger partial charge is 0.383 e. The quantitative estimate of drug-likeness (QED) is 0.688. The van der Waals surface area contributed by atoms with E-state index in [0.29, 0.717) is 19.7 Å². The molecule has 106 valence electrons. The lowest BCUT2D eigenvalue weighted by atomic mass is 9.94. The van der Waals surface area contributed by atoms with Gasteiger partial charge in [0.2, 0.25) is 5.91 Å². The number of hydrogen-bond acceptors (Lipinski definition) is 4. The first-order valence-corrected chi connectivity index (χ1v) is 6.46. The van der Waals surface area contributed by atoms with Gasteiger partial charge in [0.15, 0.2) is 0 Å². The normalized spacial score (nSPS) is 25.1. The predicted molar refractivity (Wildman–Crippen MR) is 70.5 cm³/mol. The average Bonchev–Trinajstić information content (AvgIpc) is 2.44. The van der Waals surface area contributed by atoms with Crippen molar-refractivity contribution < 1.29 is 14.3 Å². The second-order valence-corrected chi connectivity index (χ2v) is 5.95. The van der Waals surface area contributed by atoms with Gasteiger partial charge < -0.3 is 20.1 Å². The zero-order chi connectivity index (χ0) is 13.8. The summed E-state index contributed by atoms with van der Waals surface area (Å²) in [5.74, 6) is -0.00689. The Morgan fingerprint density at radius 3 is 2.56 bits per heavy atom. The van der Waals surface area contributed by atoms with Crippen molar-refractivity contribution in [2.45, 2.75) is 51.4 Å². The molecule has 0 aromatic carbocycles. The lowest BCUT2D eigenvalue weighted by molar-refractivity contribution is -0.120. The van der Waals surface area contributed by atoms with Crippen molar-refractivity contribution in [1.82, 2.24) is 10.6 Å². The summed E-state index contributed by atoms with van der Waals surface area (Å²) >= 11 is 0. The molecule has 0 spiro atoms. The molecule has 1 amide bonds. The molecule has 18 heavy (non-hydrogen) atoms. The third-order valence-corrected chi connectivity index (χ3v) is 3.21. The molecule has 0 aromatic heterocycles. The van der Waals surface area contributed by atoms with Gasteiger partial charge in [0.1, 0.15) is 0 Å². The van der Waals surface area contributed by atoms with Gasteiger partial charge >= 0.3 is 0 Å². The number of nitrogens with one attached hydrogen (secondary N) is 2. The number of amides is 1. The van der Waals surface area contributed by atoms with E-state index < -0.39 is 0 Å². The minimum Gasteiger partial charge on any atom is -0.383 e. The number of rotatable bonds is 6. The van der Waals surface area contributed by atoms with Crippen molar-refractivity contribution in [3.8, 4) is 0 Å².